The van der Waals surface area contributed by atoms with Crippen LogP contribution in [-0.2, 0) is 9.53 Å². The molecule has 0 aliphatic carbocycles. The second-order valence-electron chi connectivity index (χ2n) is 4.05. The van der Waals surface area contributed by atoms with E-state index < -0.39 is 0 Å². The van der Waals surface area contributed by atoms with Crippen molar-refractivity contribution in [3.63, 3.8) is 0 Å². The van der Waals surface area contributed by atoms with Gasteiger partial charge in [0, 0.05) is 32.3 Å². The standard InChI is InChI=1S/C13H21N3O3/c1-10-8-11(12(19-3)9-16-10)14-5-4-13(17)15-6-7-18-2/h8-9H,4-7H2,1-3H3,(H,14,16)(H,15,17). The Kier molecular flexibility index (Phi) is 6.67. The Hall–Kier alpha value is -1.82. The Bertz CT molecular complexity index is 410. The van der Waals surface area contributed by atoms with Gasteiger partial charge in [0.25, 0.3) is 0 Å². The molecule has 0 saturated heterocycles. The molecule has 1 heterocycles. The molecule has 0 unspecified atom stereocenters. The minimum absolute atomic E-state index is 0.00528. The van der Waals surface area contributed by atoms with Crippen molar-refractivity contribution in [1.82, 2.24) is 10.3 Å². The van der Waals surface area contributed by atoms with Crippen LogP contribution in [0.3, 0.4) is 0 Å². The summed E-state index contributed by atoms with van der Waals surface area (Å²) < 4.78 is 10.1. The van der Waals surface area contributed by atoms with E-state index in [1.54, 1.807) is 20.4 Å². The van der Waals surface area contributed by atoms with Gasteiger partial charge in [-0.1, -0.05) is 0 Å². The maximum atomic E-state index is 11.5. The fraction of sp³-hybridized carbons (Fsp3) is 0.538. The molecular weight excluding hydrogens is 246 g/mol. The summed E-state index contributed by atoms with van der Waals surface area (Å²) in [6.07, 6.45) is 2.06. The normalized spacial score (nSPS) is 10.1. The predicted octanol–water partition coefficient (Wildman–Crippen LogP) is 0.963. The van der Waals surface area contributed by atoms with Crippen LogP contribution in [0.5, 0.6) is 5.75 Å². The second kappa shape index (κ2) is 8.31. The zero-order chi connectivity index (χ0) is 14.1. The van der Waals surface area contributed by atoms with Gasteiger partial charge < -0.3 is 20.1 Å². The number of hydrogen-bond donors (Lipinski definition) is 2. The maximum Gasteiger partial charge on any atom is 0.221 e. The molecule has 0 radical (unpaired) electrons. The van der Waals surface area contributed by atoms with Gasteiger partial charge in [0.2, 0.25) is 5.91 Å². The van der Waals surface area contributed by atoms with E-state index in [1.165, 1.54) is 0 Å². The number of methoxy groups -OCH3 is 2. The Labute approximate surface area is 113 Å². The average molecular weight is 267 g/mol. The van der Waals surface area contributed by atoms with Crippen LogP contribution in [-0.4, -0.2) is 44.8 Å². The Morgan fingerprint density at radius 1 is 1.37 bits per heavy atom. The zero-order valence-corrected chi connectivity index (χ0v) is 11.7. The van der Waals surface area contributed by atoms with E-state index in [2.05, 4.69) is 15.6 Å². The quantitative estimate of drug-likeness (QED) is 0.686. The van der Waals surface area contributed by atoms with Crippen molar-refractivity contribution >= 4 is 11.6 Å². The van der Waals surface area contributed by atoms with E-state index in [-0.39, 0.29) is 5.91 Å². The number of aryl methyl sites for hydroxylation is 1. The molecule has 0 spiro atoms. The molecule has 2 N–H and O–H groups in total. The van der Waals surface area contributed by atoms with Crippen molar-refractivity contribution in [2.24, 2.45) is 0 Å². The topological polar surface area (TPSA) is 72.5 Å². The molecule has 19 heavy (non-hydrogen) atoms. The molecule has 0 aliphatic heterocycles. The molecule has 1 rings (SSSR count). The first-order valence-corrected chi connectivity index (χ1v) is 6.17. The number of nitrogens with one attached hydrogen (secondary N) is 2. The Morgan fingerprint density at radius 3 is 2.84 bits per heavy atom. The number of rotatable bonds is 8. The first-order valence-electron chi connectivity index (χ1n) is 6.17. The summed E-state index contributed by atoms with van der Waals surface area (Å²) in [5.74, 6) is 0.666. The third-order valence-electron chi connectivity index (χ3n) is 2.52. The summed E-state index contributed by atoms with van der Waals surface area (Å²) in [4.78, 5) is 15.6. The molecule has 0 aliphatic rings. The number of aromatic nitrogens is 1. The van der Waals surface area contributed by atoms with Crippen LogP contribution in [0.25, 0.3) is 0 Å². The third-order valence-corrected chi connectivity index (χ3v) is 2.52. The second-order valence-corrected chi connectivity index (χ2v) is 4.05. The van der Waals surface area contributed by atoms with E-state index in [0.717, 1.165) is 11.4 Å². The molecule has 0 atom stereocenters. The largest absolute Gasteiger partial charge is 0.493 e. The summed E-state index contributed by atoms with van der Waals surface area (Å²) in [6, 6.07) is 1.89. The van der Waals surface area contributed by atoms with Gasteiger partial charge in [-0.05, 0) is 13.0 Å². The molecule has 6 nitrogen and oxygen atoms in total. The van der Waals surface area contributed by atoms with Crippen LogP contribution < -0.4 is 15.4 Å². The summed E-state index contributed by atoms with van der Waals surface area (Å²) in [5.41, 5.74) is 1.74. The highest BCUT2D eigenvalue weighted by Crippen LogP contribution is 2.23. The van der Waals surface area contributed by atoms with Crippen molar-refractivity contribution in [3.05, 3.63) is 18.0 Å². The number of ether oxygens (including phenoxy) is 2. The van der Waals surface area contributed by atoms with Gasteiger partial charge in [-0.2, -0.15) is 0 Å². The lowest BCUT2D eigenvalue weighted by atomic mass is 10.3. The highest BCUT2D eigenvalue weighted by molar-refractivity contribution is 5.76. The van der Waals surface area contributed by atoms with Gasteiger partial charge in [-0.3, -0.25) is 9.78 Å². The van der Waals surface area contributed by atoms with Gasteiger partial charge >= 0.3 is 0 Å². The maximum absolute atomic E-state index is 11.5. The van der Waals surface area contributed by atoms with E-state index in [0.29, 0.717) is 31.9 Å². The van der Waals surface area contributed by atoms with Crippen LogP contribution in [0.15, 0.2) is 12.3 Å². The molecule has 0 fully saturated rings. The summed E-state index contributed by atoms with van der Waals surface area (Å²) in [6.45, 7) is 3.50. The Morgan fingerprint density at radius 2 is 2.16 bits per heavy atom. The fourth-order valence-corrected chi connectivity index (χ4v) is 1.54. The molecule has 0 saturated carbocycles. The van der Waals surface area contributed by atoms with Gasteiger partial charge in [0.05, 0.1) is 25.6 Å². The first-order chi connectivity index (χ1) is 9.17. The van der Waals surface area contributed by atoms with E-state index in [1.807, 2.05) is 13.0 Å². The highest BCUT2D eigenvalue weighted by Gasteiger charge is 2.05. The molecule has 1 amide bonds. The fourth-order valence-electron chi connectivity index (χ4n) is 1.54. The number of nitrogens with zero attached hydrogens (tertiary/aromatic N) is 1. The van der Waals surface area contributed by atoms with Crippen molar-refractivity contribution in [3.8, 4) is 5.75 Å². The molecule has 0 aromatic carbocycles. The predicted molar refractivity (Wildman–Crippen MR) is 73.5 cm³/mol. The lowest BCUT2D eigenvalue weighted by Gasteiger charge is -2.11. The smallest absolute Gasteiger partial charge is 0.221 e. The number of carbonyl (C=O) groups excluding carboxylic acids is 1. The van der Waals surface area contributed by atoms with E-state index in [4.69, 9.17) is 9.47 Å². The average Bonchev–Trinajstić information content (AvgIpc) is 2.39. The molecular formula is C13H21N3O3. The van der Waals surface area contributed by atoms with E-state index in [9.17, 15) is 4.79 Å². The van der Waals surface area contributed by atoms with Gasteiger partial charge in [0.15, 0.2) is 5.75 Å². The lowest BCUT2D eigenvalue weighted by Crippen LogP contribution is -2.28. The van der Waals surface area contributed by atoms with Crippen molar-refractivity contribution in [1.29, 1.82) is 0 Å². The van der Waals surface area contributed by atoms with Gasteiger partial charge in [-0.15, -0.1) is 0 Å². The number of carbonyl (C=O) groups is 1. The van der Waals surface area contributed by atoms with Crippen LogP contribution in [0, 0.1) is 6.92 Å². The monoisotopic (exact) mass is 267 g/mol. The minimum Gasteiger partial charge on any atom is -0.493 e. The van der Waals surface area contributed by atoms with Crippen molar-refractivity contribution < 1.29 is 14.3 Å². The number of anilines is 1. The SMILES string of the molecule is COCCNC(=O)CCNc1cc(C)ncc1OC. The molecule has 1 aromatic rings. The van der Waals surface area contributed by atoms with Gasteiger partial charge in [-0.25, -0.2) is 0 Å². The van der Waals surface area contributed by atoms with Crippen molar-refractivity contribution in [2.75, 3.05) is 39.2 Å². The summed E-state index contributed by atoms with van der Waals surface area (Å²) >= 11 is 0. The van der Waals surface area contributed by atoms with Crippen LogP contribution in [0.1, 0.15) is 12.1 Å². The molecule has 1 aromatic heterocycles. The zero-order valence-electron chi connectivity index (χ0n) is 11.7. The van der Waals surface area contributed by atoms with Gasteiger partial charge in [0.1, 0.15) is 0 Å². The number of pyridine rings is 1. The van der Waals surface area contributed by atoms with Crippen LogP contribution in [0.4, 0.5) is 5.69 Å². The highest BCUT2D eigenvalue weighted by atomic mass is 16.5. The van der Waals surface area contributed by atoms with Crippen LogP contribution >= 0.6 is 0 Å². The van der Waals surface area contributed by atoms with Crippen molar-refractivity contribution in [2.45, 2.75) is 13.3 Å². The molecule has 0 bridgehead atoms. The number of amides is 1. The third kappa shape index (κ3) is 5.56. The van der Waals surface area contributed by atoms with Crippen LogP contribution in [0.2, 0.25) is 0 Å². The summed E-state index contributed by atoms with van der Waals surface area (Å²) in [5, 5.41) is 5.93. The van der Waals surface area contributed by atoms with E-state index >= 15 is 0 Å². The first kappa shape index (κ1) is 15.2. The molecule has 6 heteroatoms. The minimum atomic E-state index is -0.00528. The molecule has 106 valence electrons. The summed E-state index contributed by atoms with van der Waals surface area (Å²) in [7, 11) is 3.20. The number of hydrogen-bond acceptors (Lipinski definition) is 5. The lowest BCUT2D eigenvalue weighted by molar-refractivity contribution is -0.121. The Balaban J connectivity index is 2.36.